The molecular weight excluding hydrogens is 500 g/mol. The number of rotatable bonds is 12. The average Bonchev–Trinajstić information content (AvgIpc) is 3.29. The summed E-state index contributed by atoms with van der Waals surface area (Å²) in [6, 6.07) is -0.525. The van der Waals surface area contributed by atoms with Gasteiger partial charge in [0, 0.05) is 12.3 Å². The molecule has 4 saturated carbocycles. The van der Waals surface area contributed by atoms with Gasteiger partial charge in [-0.2, -0.15) is 0 Å². The van der Waals surface area contributed by atoms with E-state index in [4.69, 9.17) is 16.2 Å². The van der Waals surface area contributed by atoms with Gasteiger partial charge in [-0.15, -0.1) is 0 Å². The van der Waals surface area contributed by atoms with Gasteiger partial charge >= 0.3 is 5.97 Å². The lowest BCUT2D eigenvalue weighted by Gasteiger charge is -2.61. The van der Waals surface area contributed by atoms with E-state index in [9.17, 15) is 14.4 Å². The number of nitrogens with two attached hydrogens (primary N) is 2. The Kier molecular flexibility index (Phi) is 10.2. The van der Waals surface area contributed by atoms with Gasteiger partial charge in [0.15, 0.2) is 5.78 Å². The van der Waals surface area contributed by atoms with E-state index >= 15 is 0 Å². The Hall–Kier alpha value is -1.27. The Bertz CT molecular complexity index is 922. The fourth-order valence-electron chi connectivity index (χ4n) is 10.0. The van der Waals surface area contributed by atoms with E-state index in [1.165, 1.54) is 32.1 Å². The third-order valence-electron chi connectivity index (χ3n) is 12.8. The van der Waals surface area contributed by atoms with Crippen LogP contribution in [0, 0.1) is 52.3 Å². The zero-order chi connectivity index (χ0) is 29.2. The smallest absolute Gasteiger partial charge is 0.309 e. The number of fused-ring (bicyclic) bond motifs is 5. The molecule has 6 nitrogen and oxygen atoms in total. The summed E-state index contributed by atoms with van der Waals surface area (Å²) >= 11 is 0. The highest BCUT2D eigenvalue weighted by Gasteiger charge is 2.61. The van der Waals surface area contributed by atoms with Crippen LogP contribution in [0.4, 0.5) is 0 Å². The van der Waals surface area contributed by atoms with E-state index in [1.54, 1.807) is 0 Å². The zero-order valence-electron chi connectivity index (χ0n) is 26.1. The van der Waals surface area contributed by atoms with Crippen LogP contribution < -0.4 is 11.5 Å². The van der Waals surface area contributed by atoms with Gasteiger partial charge in [0.1, 0.15) is 11.9 Å². The highest BCUT2D eigenvalue weighted by Crippen LogP contribution is 2.67. The minimum Gasteiger partial charge on any atom is -0.462 e. The molecule has 0 saturated heterocycles. The number of unbranched alkanes of at least 4 members (excludes halogenated alkanes) is 1. The molecule has 0 aromatic rings. The maximum Gasteiger partial charge on any atom is 0.309 e. The Balaban J connectivity index is 1.38. The van der Waals surface area contributed by atoms with E-state index in [1.807, 2.05) is 20.8 Å². The van der Waals surface area contributed by atoms with E-state index in [-0.39, 0.29) is 41.5 Å². The van der Waals surface area contributed by atoms with Crippen LogP contribution >= 0.6 is 0 Å². The van der Waals surface area contributed by atoms with Crippen LogP contribution in [0.1, 0.15) is 125 Å². The Morgan fingerprint density at radius 1 is 0.950 bits per heavy atom. The highest BCUT2D eigenvalue weighted by molar-refractivity contribution is 5.88. The fraction of sp³-hybridized carbons (Fsp3) is 0.912. The molecule has 40 heavy (non-hydrogen) atoms. The lowest BCUT2D eigenvalue weighted by atomic mass is 9.44. The van der Waals surface area contributed by atoms with E-state index < -0.39 is 12.0 Å². The van der Waals surface area contributed by atoms with Gasteiger partial charge in [-0.25, -0.2) is 0 Å². The maximum atomic E-state index is 13.4. The summed E-state index contributed by atoms with van der Waals surface area (Å²) < 4.78 is 6.21. The number of ether oxygens (including phenoxy) is 1. The molecular formula is C34H58N2O4. The molecule has 1 unspecified atom stereocenters. The second-order valence-corrected chi connectivity index (χ2v) is 14.8. The van der Waals surface area contributed by atoms with Crippen molar-refractivity contribution >= 4 is 17.5 Å². The SMILES string of the molecule is CCC(C)[C@H](N)C(=O)C[C@@H](CCCCN)C(=O)O[C@@H]1CC[C@@]2(C)[C@@H](CC[C@@H]3[C@@H]2CC[C@]2(C)[C@@H](C(C)=O)CC[C@@H]32)C1. The Labute approximate surface area is 243 Å². The molecule has 0 aromatic heterocycles. The second-order valence-electron chi connectivity index (χ2n) is 14.8. The number of hydrogen-bond acceptors (Lipinski definition) is 6. The maximum absolute atomic E-state index is 13.4. The Morgan fingerprint density at radius 2 is 1.65 bits per heavy atom. The van der Waals surface area contributed by atoms with E-state index in [2.05, 4.69) is 13.8 Å². The molecule has 4 aliphatic carbocycles. The standard InChI is InChI=1S/C34H58N2O4/c1-6-21(2)31(36)30(38)19-23(9-7-8-18-35)32(39)40-25-14-16-33(4)24(20-25)10-11-26-28-13-12-27(22(3)37)34(28,5)17-15-29(26)33/h21,23-29,31H,6-20,35-36H2,1-5H3/t21?,23-,24+,25-,26+,27-,28+,29+,31+,33+,34-/m1/s1. The predicted octanol–water partition coefficient (Wildman–Crippen LogP) is 6.22. The van der Waals surface area contributed by atoms with Crippen LogP contribution in [-0.2, 0) is 19.1 Å². The van der Waals surface area contributed by atoms with Gasteiger partial charge in [0.25, 0.3) is 0 Å². The number of esters is 1. The highest BCUT2D eigenvalue weighted by atomic mass is 16.5. The molecule has 0 spiro atoms. The number of Topliss-reactive ketones (excluding diaryl/α,β-unsaturated/α-hetero) is 2. The van der Waals surface area contributed by atoms with Crippen molar-refractivity contribution in [2.75, 3.05) is 6.54 Å². The molecule has 4 aliphatic rings. The van der Waals surface area contributed by atoms with Crippen LogP contribution in [0.5, 0.6) is 0 Å². The lowest BCUT2D eigenvalue weighted by Crippen LogP contribution is -2.54. The van der Waals surface area contributed by atoms with Gasteiger partial charge < -0.3 is 16.2 Å². The number of carbonyl (C=O) groups is 3. The third kappa shape index (κ3) is 6.09. The monoisotopic (exact) mass is 558 g/mol. The lowest BCUT2D eigenvalue weighted by molar-refractivity contribution is -0.168. The van der Waals surface area contributed by atoms with Crippen LogP contribution in [0.15, 0.2) is 0 Å². The fourth-order valence-corrected chi connectivity index (χ4v) is 10.0. The zero-order valence-corrected chi connectivity index (χ0v) is 26.1. The van der Waals surface area contributed by atoms with Crippen molar-refractivity contribution in [3.63, 3.8) is 0 Å². The summed E-state index contributed by atoms with van der Waals surface area (Å²) in [5, 5.41) is 0. The minimum absolute atomic E-state index is 0.0261. The van der Waals surface area contributed by atoms with Gasteiger partial charge in [-0.1, -0.05) is 40.5 Å². The molecule has 0 aromatic carbocycles. The first-order valence-electron chi connectivity index (χ1n) is 16.7. The minimum atomic E-state index is -0.525. The van der Waals surface area contributed by atoms with E-state index in [0.717, 1.165) is 56.8 Å². The molecule has 0 aliphatic heterocycles. The summed E-state index contributed by atoms with van der Waals surface area (Å²) in [4.78, 5) is 38.8. The first-order chi connectivity index (χ1) is 19.0. The Morgan fingerprint density at radius 3 is 2.33 bits per heavy atom. The van der Waals surface area contributed by atoms with Crippen molar-refractivity contribution in [2.24, 2.45) is 63.7 Å². The summed E-state index contributed by atoms with van der Waals surface area (Å²) in [5.74, 6) is 2.80. The van der Waals surface area contributed by atoms with Crippen molar-refractivity contribution in [3.8, 4) is 0 Å². The quantitative estimate of drug-likeness (QED) is 0.217. The predicted molar refractivity (Wildman–Crippen MR) is 159 cm³/mol. The molecule has 6 heteroatoms. The summed E-state index contributed by atoms with van der Waals surface area (Å²) in [6.45, 7) is 11.4. The molecule has 228 valence electrons. The second kappa shape index (κ2) is 12.9. The van der Waals surface area contributed by atoms with Crippen molar-refractivity contribution in [3.05, 3.63) is 0 Å². The van der Waals surface area contributed by atoms with Crippen molar-refractivity contribution < 1.29 is 19.1 Å². The molecule has 0 radical (unpaired) electrons. The topological polar surface area (TPSA) is 112 Å². The number of ketones is 2. The third-order valence-corrected chi connectivity index (χ3v) is 12.8. The summed E-state index contributed by atoms with van der Waals surface area (Å²) in [6.07, 6.45) is 13.4. The van der Waals surface area contributed by atoms with Crippen molar-refractivity contribution in [1.82, 2.24) is 0 Å². The summed E-state index contributed by atoms with van der Waals surface area (Å²) in [5.41, 5.74) is 12.4. The molecule has 0 bridgehead atoms. The summed E-state index contributed by atoms with van der Waals surface area (Å²) in [7, 11) is 0. The van der Waals surface area contributed by atoms with Crippen LogP contribution in [0.2, 0.25) is 0 Å². The molecule has 11 atom stereocenters. The van der Waals surface area contributed by atoms with Crippen molar-refractivity contribution in [2.45, 2.75) is 137 Å². The first kappa shape index (κ1) is 31.7. The van der Waals surface area contributed by atoms with Gasteiger partial charge in [0.2, 0.25) is 0 Å². The van der Waals surface area contributed by atoms with Gasteiger partial charge in [-0.05, 0) is 125 Å². The van der Waals surface area contributed by atoms with Gasteiger partial charge in [0.05, 0.1) is 12.0 Å². The molecule has 4 N–H and O–H groups in total. The van der Waals surface area contributed by atoms with Crippen LogP contribution in [-0.4, -0.2) is 36.2 Å². The first-order valence-corrected chi connectivity index (χ1v) is 16.7. The largest absolute Gasteiger partial charge is 0.462 e. The van der Waals surface area contributed by atoms with E-state index in [0.29, 0.717) is 36.0 Å². The number of hydrogen-bond donors (Lipinski definition) is 2. The van der Waals surface area contributed by atoms with Crippen LogP contribution in [0.25, 0.3) is 0 Å². The van der Waals surface area contributed by atoms with Gasteiger partial charge in [-0.3, -0.25) is 14.4 Å². The molecule has 4 fully saturated rings. The molecule has 0 amide bonds. The molecule has 4 rings (SSSR count). The average molecular weight is 559 g/mol. The molecule has 0 heterocycles. The van der Waals surface area contributed by atoms with Crippen LogP contribution in [0.3, 0.4) is 0 Å². The number of carbonyl (C=O) groups excluding carboxylic acids is 3. The van der Waals surface area contributed by atoms with Crippen molar-refractivity contribution in [1.29, 1.82) is 0 Å². The normalized spacial score (nSPS) is 39.3.